The zero-order valence-corrected chi connectivity index (χ0v) is 14.4. The van der Waals surface area contributed by atoms with Crippen LogP contribution in [-0.2, 0) is 4.74 Å². The van der Waals surface area contributed by atoms with Gasteiger partial charge in [-0.25, -0.2) is 9.67 Å². The summed E-state index contributed by atoms with van der Waals surface area (Å²) in [6, 6.07) is 0. The number of halogens is 1. The van der Waals surface area contributed by atoms with E-state index in [0.717, 1.165) is 18.9 Å². The SMILES string of the molecule is CC1C=CC2(C)C3=C1CCOC3n1nc(Br)nc1C2CCO. The molecule has 3 aliphatic rings. The van der Waals surface area contributed by atoms with Gasteiger partial charge in [-0.15, -0.1) is 5.10 Å². The molecule has 5 nitrogen and oxygen atoms in total. The molecule has 0 fully saturated rings. The molecule has 3 heterocycles. The normalized spacial score (nSPS) is 36.3. The Morgan fingerprint density at radius 1 is 1.55 bits per heavy atom. The van der Waals surface area contributed by atoms with Crippen LogP contribution in [0.4, 0.5) is 0 Å². The average Bonchev–Trinajstić information content (AvgIpc) is 2.89. The lowest BCUT2D eigenvalue weighted by atomic mass is 9.61. The number of aromatic nitrogens is 3. The first-order valence-corrected chi connectivity index (χ1v) is 8.62. The highest BCUT2D eigenvalue weighted by Crippen LogP contribution is 2.58. The molecule has 0 aromatic carbocycles. The molecule has 6 heteroatoms. The van der Waals surface area contributed by atoms with Crippen LogP contribution in [0.1, 0.15) is 44.7 Å². The van der Waals surface area contributed by atoms with E-state index >= 15 is 0 Å². The van der Waals surface area contributed by atoms with Crippen molar-refractivity contribution in [3.8, 4) is 0 Å². The van der Waals surface area contributed by atoms with E-state index < -0.39 is 0 Å². The van der Waals surface area contributed by atoms with Crippen LogP contribution < -0.4 is 0 Å². The van der Waals surface area contributed by atoms with E-state index in [1.165, 1.54) is 11.1 Å². The maximum atomic E-state index is 9.57. The van der Waals surface area contributed by atoms with Gasteiger partial charge in [0.2, 0.25) is 4.73 Å². The predicted molar refractivity (Wildman–Crippen MR) is 85.2 cm³/mol. The van der Waals surface area contributed by atoms with E-state index in [9.17, 15) is 5.11 Å². The predicted octanol–water partition coefficient (Wildman–Crippen LogP) is 2.95. The zero-order chi connectivity index (χ0) is 15.5. The van der Waals surface area contributed by atoms with Crippen LogP contribution in [0.2, 0.25) is 0 Å². The second kappa shape index (κ2) is 5.01. The van der Waals surface area contributed by atoms with Crippen LogP contribution in [0, 0.1) is 11.3 Å². The van der Waals surface area contributed by atoms with Crippen LogP contribution in [0.5, 0.6) is 0 Å². The largest absolute Gasteiger partial charge is 0.396 e. The van der Waals surface area contributed by atoms with Crippen molar-refractivity contribution in [1.29, 1.82) is 0 Å². The van der Waals surface area contributed by atoms with Gasteiger partial charge < -0.3 is 9.84 Å². The van der Waals surface area contributed by atoms with Gasteiger partial charge in [0.25, 0.3) is 0 Å². The lowest BCUT2D eigenvalue weighted by molar-refractivity contribution is -0.0233. The third-order valence-corrected chi connectivity index (χ3v) is 5.74. The first-order chi connectivity index (χ1) is 10.6. The fraction of sp³-hybridized carbons (Fsp3) is 0.625. The number of hydrogen-bond donors (Lipinski definition) is 1. The third kappa shape index (κ3) is 1.83. The second-order valence-corrected chi connectivity index (χ2v) is 7.30. The van der Waals surface area contributed by atoms with Crippen LogP contribution in [0.15, 0.2) is 28.0 Å². The average molecular weight is 366 g/mol. The number of hydrogen-bond acceptors (Lipinski definition) is 4. The number of ether oxygens (including phenoxy) is 1. The van der Waals surface area contributed by atoms with Crippen LogP contribution in [0.3, 0.4) is 0 Å². The molecule has 1 aliphatic carbocycles. The Morgan fingerprint density at radius 2 is 2.36 bits per heavy atom. The standard InChI is InChI=1S/C16H20BrN3O2/c1-9-3-6-16(2)11(4-7-21)13-18-15(17)19-20(13)14-12(16)10(9)5-8-22-14/h3,6,9,11,14,21H,4-5,7-8H2,1-2H3. The molecule has 0 amide bonds. The van der Waals surface area contributed by atoms with Gasteiger partial charge in [-0.3, -0.25) is 0 Å². The van der Waals surface area contributed by atoms with Crippen molar-refractivity contribution in [2.24, 2.45) is 11.3 Å². The minimum Gasteiger partial charge on any atom is -0.396 e. The number of nitrogens with zero attached hydrogens (tertiary/aromatic N) is 3. The van der Waals surface area contributed by atoms with Gasteiger partial charge in [0.05, 0.1) is 6.61 Å². The Balaban J connectivity index is 1.98. The molecule has 0 radical (unpaired) electrons. The third-order valence-electron chi connectivity index (χ3n) is 5.41. The molecule has 1 aromatic rings. The van der Waals surface area contributed by atoms with Gasteiger partial charge in [0.15, 0.2) is 6.23 Å². The molecule has 1 aromatic heterocycles. The summed E-state index contributed by atoms with van der Waals surface area (Å²) in [6.07, 6.45) is 6.08. The summed E-state index contributed by atoms with van der Waals surface area (Å²) >= 11 is 3.39. The van der Waals surface area contributed by atoms with Gasteiger partial charge >= 0.3 is 0 Å². The van der Waals surface area contributed by atoms with E-state index in [0.29, 0.717) is 17.1 Å². The van der Waals surface area contributed by atoms with E-state index in [4.69, 9.17) is 4.74 Å². The molecule has 0 bridgehead atoms. The molecule has 1 N–H and O–H groups in total. The second-order valence-electron chi connectivity index (χ2n) is 6.59. The van der Waals surface area contributed by atoms with Gasteiger partial charge in [0, 0.05) is 17.9 Å². The van der Waals surface area contributed by atoms with Crippen LogP contribution >= 0.6 is 15.9 Å². The first-order valence-electron chi connectivity index (χ1n) is 7.83. The van der Waals surface area contributed by atoms with Crippen LogP contribution in [0.25, 0.3) is 0 Å². The Bertz CT molecular complexity index is 681. The number of aliphatic hydroxyl groups excluding tert-OH is 1. The zero-order valence-electron chi connectivity index (χ0n) is 12.8. The number of rotatable bonds is 2. The highest BCUT2D eigenvalue weighted by atomic mass is 79.9. The minimum absolute atomic E-state index is 0.114. The fourth-order valence-electron chi connectivity index (χ4n) is 4.33. The van der Waals surface area contributed by atoms with Crippen molar-refractivity contribution < 1.29 is 9.84 Å². The summed E-state index contributed by atoms with van der Waals surface area (Å²) in [5.41, 5.74) is 2.65. The van der Waals surface area contributed by atoms with Crippen molar-refractivity contribution in [1.82, 2.24) is 14.8 Å². The van der Waals surface area contributed by atoms with Crippen LogP contribution in [-0.4, -0.2) is 33.1 Å². The van der Waals surface area contributed by atoms with Crippen molar-refractivity contribution in [3.63, 3.8) is 0 Å². The molecule has 4 unspecified atom stereocenters. The topological polar surface area (TPSA) is 60.2 Å². The molecular weight excluding hydrogens is 346 g/mol. The van der Waals surface area contributed by atoms with Crippen molar-refractivity contribution in [2.75, 3.05) is 13.2 Å². The maximum Gasteiger partial charge on any atom is 0.217 e. The van der Waals surface area contributed by atoms with E-state index in [1.54, 1.807) is 0 Å². The Morgan fingerprint density at radius 3 is 3.14 bits per heavy atom. The van der Waals surface area contributed by atoms with E-state index in [1.807, 2.05) is 4.68 Å². The van der Waals surface area contributed by atoms with Crippen molar-refractivity contribution >= 4 is 15.9 Å². The van der Waals surface area contributed by atoms with E-state index in [-0.39, 0.29) is 24.2 Å². The van der Waals surface area contributed by atoms with Crippen molar-refractivity contribution in [2.45, 2.75) is 38.8 Å². The summed E-state index contributed by atoms with van der Waals surface area (Å²) in [7, 11) is 0. The Hall–Kier alpha value is -0.980. The maximum absolute atomic E-state index is 9.57. The highest BCUT2D eigenvalue weighted by molar-refractivity contribution is 9.10. The number of allylic oxidation sites excluding steroid dienone is 2. The number of aliphatic hydroxyl groups is 1. The molecule has 0 saturated heterocycles. The van der Waals surface area contributed by atoms with Gasteiger partial charge in [0.1, 0.15) is 5.82 Å². The smallest absolute Gasteiger partial charge is 0.217 e. The number of fused-ring (bicyclic) bond motifs is 2. The summed E-state index contributed by atoms with van der Waals surface area (Å²) in [5.74, 6) is 1.46. The lowest BCUT2D eigenvalue weighted by Gasteiger charge is -2.50. The molecule has 4 rings (SSSR count). The fourth-order valence-corrected chi connectivity index (χ4v) is 4.69. The van der Waals surface area contributed by atoms with Gasteiger partial charge in [-0.1, -0.05) is 31.6 Å². The molecule has 4 atom stereocenters. The molecule has 22 heavy (non-hydrogen) atoms. The first kappa shape index (κ1) is 14.6. The highest BCUT2D eigenvalue weighted by Gasteiger charge is 2.51. The molecule has 2 aliphatic heterocycles. The monoisotopic (exact) mass is 365 g/mol. The molecule has 118 valence electrons. The van der Waals surface area contributed by atoms with E-state index in [2.05, 4.69) is 52.0 Å². The summed E-state index contributed by atoms with van der Waals surface area (Å²) in [4.78, 5) is 4.57. The van der Waals surface area contributed by atoms with Gasteiger partial charge in [-0.05, 0) is 40.3 Å². The quantitative estimate of drug-likeness (QED) is 0.818. The summed E-state index contributed by atoms with van der Waals surface area (Å²) in [5, 5.41) is 14.1. The molecular formula is C16H20BrN3O2. The molecule has 0 spiro atoms. The van der Waals surface area contributed by atoms with Gasteiger partial charge in [-0.2, -0.15) is 0 Å². The summed E-state index contributed by atoms with van der Waals surface area (Å²) < 4.78 is 8.58. The lowest BCUT2D eigenvalue weighted by Crippen LogP contribution is -2.44. The molecule has 0 saturated carbocycles. The Kier molecular flexibility index (Phi) is 3.33. The Labute approximate surface area is 138 Å². The summed E-state index contributed by atoms with van der Waals surface area (Å²) in [6.45, 7) is 5.36. The minimum atomic E-state index is -0.162. The van der Waals surface area contributed by atoms with Crippen molar-refractivity contribution in [3.05, 3.63) is 33.9 Å².